The first-order valence-electron chi connectivity index (χ1n) is 6.16. The number of amides is 1. The summed E-state index contributed by atoms with van der Waals surface area (Å²) in [5.41, 5.74) is -0.266. The molecule has 118 valence electrons. The maximum absolute atomic E-state index is 11.6. The normalized spacial score (nSPS) is 14.2. The standard InChI is InChI=1S/C13H18ClNO5S/c1-13(19-2,10-21(14,17)18)9-15-12(16)20-8-11-6-4-3-5-7-11/h3-7H,8-10H2,1-2H3,(H,15,16). The SMILES string of the molecule is COC(C)(CNC(=O)OCc1ccccc1)CS(=O)(=O)Cl. The summed E-state index contributed by atoms with van der Waals surface area (Å²) in [5.74, 6) is -0.420. The van der Waals surface area contributed by atoms with Gasteiger partial charge in [0.15, 0.2) is 0 Å². The van der Waals surface area contributed by atoms with E-state index in [9.17, 15) is 13.2 Å². The van der Waals surface area contributed by atoms with Gasteiger partial charge in [0.25, 0.3) is 0 Å². The molecule has 1 unspecified atom stereocenters. The van der Waals surface area contributed by atoms with Crippen molar-refractivity contribution >= 4 is 25.8 Å². The molecule has 0 fully saturated rings. The second-order valence-corrected chi connectivity index (χ2v) is 7.53. The number of methoxy groups -OCH3 is 1. The molecule has 1 aromatic rings. The Balaban J connectivity index is 2.44. The molecule has 0 spiro atoms. The Hall–Kier alpha value is -1.31. The van der Waals surface area contributed by atoms with Crippen molar-refractivity contribution in [1.82, 2.24) is 5.32 Å². The van der Waals surface area contributed by atoms with Gasteiger partial charge in [-0.05, 0) is 12.5 Å². The van der Waals surface area contributed by atoms with E-state index in [1.807, 2.05) is 30.3 Å². The molecule has 1 atom stereocenters. The van der Waals surface area contributed by atoms with E-state index in [0.29, 0.717) is 0 Å². The van der Waals surface area contributed by atoms with Crippen LogP contribution >= 0.6 is 10.7 Å². The average Bonchev–Trinajstić information content (AvgIpc) is 2.42. The number of halogens is 1. The highest BCUT2D eigenvalue weighted by Gasteiger charge is 2.30. The third-order valence-electron chi connectivity index (χ3n) is 2.79. The van der Waals surface area contributed by atoms with Gasteiger partial charge >= 0.3 is 6.09 Å². The molecule has 0 saturated carbocycles. The van der Waals surface area contributed by atoms with Crippen molar-refractivity contribution in [2.24, 2.45) is 0 Å². The Bertz CT molecular complexity index is 563. The van der Waals surface area contributed by atoms with Crippen LogP contribution in [0, 0.1) is 0 Å². The highest BCUT2D eigenvalue weighted by molar-refractivity contribution is 8.13. The minimum Gasteiger partial charge on any atom is -0.445 e. The Morgan fingerprint density at radius 3 is 2.48 bits per heavy atom. The summed E-state index contributed by atoms with van der Waals surface area (Å²) in [4.78, 5) is 11.6. The molecule has 0 aliphatic rings. The van der Waals surface area contributed by atoms with Crippen LogP contribution in [-0.2, 0) is 25.1 Å². The number of hydrogen-bond acceptors (Lipinski definition) is 5. The van der Waals surface area contributed by atoms with E-state index in [-0.39, 0.29) is 13.2 Å². The highest BCUT2D eigenvalue weighted by atomic mass is 35.7. The molecule has 1 aromatic carbocycles. The minimum absolute atomic E-state index is 0.0386. The number of carbonyl (C=O) groups excluding carboxylic acids is 1. The van der Waals surface area contributed by atoms with E-state index >= 15 is 0 Å². The van der Waals surface area contributed by atoms with Crippen LogP contribution in [0.2, 0.25) is 0 Å². The fourth-order valence-corrected chi connectivity index (χ4v) is 3.22. The van der Waals surface area contributed by atoms with Crippen molar-refractivity contribution in [1.29, 1.82) is 0 Å². The summed E-state index contributed by atoms with van der Waals surface area (Å²) in [5, 5.41) is 2.46. The van der Waals surface area contributed by atoms with E-state index in [1.165, 1.54) is 14.0 Å². The second kappa shape index (κ2) is 7.63. The molecule has 1 amide bonds. The lowest BCUT2D eigenvalue weighted by Crippen LogP contribution is -2.46. The fourth-order valence-electron chi connectivity index (χ4n) is 1.58. The largest absolute Gasteiger partial charge is 0.445 e. The van der Waals surface area contributed by atoms with Gasteiger partial charge in [-0.1, -0.05) is 30.3 Å². The van der Waals surface area contributed by atoms with Crippen LogP contribution in [0.1, 0.15) is 12.5 Å². The first kappa shape index (κ1) is 17.7. The summed E-state index contributed by atoms with van der Waals surface area (Å²) in [7, 11) is 2.81. The summed E-state index contributed by atoms with van der Waals surface area (Å²) < 4.78 is 32.3. The van der Waals surface area contributed by atoms with Gasteiger partial charge in [-0.25, -0.2) is 13.2 Å². The number of hydrogen-bond donors (Lipinski definition) is 1. The third kappa shape index (κ3) is 7.31. The van der Waals surface area contributed by atoms with Crippen LogP contribution in [0.5, 0.6) is 0 Å². The lowest BCUT2D eigenvalue weighted by Gasteiger charge is -2.26. The molecule has 8 heteroatoms. The van der Waals surface area contributed by atoms with Gasteiger partial charge in [-0.2, -0.15) is 0 Å². The number of ether oxygens (including phenoxy) is 2. The minimum atomic E-state index is -3.74. The monoisotopic (exact) mass is 335 g/mol. The molecular formula is C13H18ClNO5S. The van der Waals surface area contributed by atoms with Gasteiger partial charge < -0.3 is 14.8 Å². The smallest absolute Gasteiger partial charge is 0.407 e. The molecule has 0 aliphatic carbocycles. The van der Waals surface area contributed by atoms with Crippen molar-refractivity contribution in [2.75, 3.05) is 19.4 Å². The van der Waals surface area contributed by atoms with Crippen molar-refractivity contribution in [2.45, 2.75) is 19.1 Å². The zero-order valence-electron chi connectivity index (χ0n) is 11.8. The first-order chi connectivity index (χ1) is 9.74. The quantitative estimate of drug-likeness (QED) is 0.769. The third-order valence-corrected chi connectivity index (χ3v) is 4.07. The molecule has 0 radical (unpaired) electrons. The van der Waals surface area contributed by atoms with E-state index in [0.717, 1.165) is 5.56 Å². The Morgan fingerprint density at radius 1 is 1.33 bits per heavy atom. The zero-order valence-corrected chi connectivity index (χ0v) is 13.4. The van der Waals surface area contributed by atoms with Gasteiger partial charge in [0.05, 0.1) is 17.9 Å². The molecule has 0 bridgehead atoms. The van der Waals surface area contributed by atoms with Gasteiger partial charge in [0.2, 0.25) is 9.05 Å². The van der Waals surface area contributed by atoms with Crippen molar-refractivity contribution in [3.8, 4) is 0 Å². The number of carbonyl (C=O) groups is 1. The lowest BCUT2D eigenvalue weighted by molar-refractivity contribution is 0.0250. The Kier molecular flexibility index (Phi) is 6.44. The molecule has 0 aliphatic heterocycles. The molecule has 0 saturated heterocycles. The van der Waals surface area contributed by atoms with Crippen LogP contribution in [0.15, 0.2) is 30.3 Å². The molecule has 0 aromatic heterocycles. The predicted octanol–water partition coefficient (Wildman–Crippen LogP) is 1.89. The van der Waals surface area contributed by atoms with Gasteiger partial charge in [0.1, 0.15) is 6.61 Å². The fraction of sp³-hybridized carbons (Fsp3) is 0.462. The Morgan fingerprint density at radius 2 is 1.95 bits per heavy atom. The van der Waals surface area contributed by atoms with E-state index in [4.69, 9.17) is 20.2 Å². The molecule has 1 N–H and O–H groups in total. The lowest BCUT2D eigenvalue weighted by atomic mass is 10.1. The highest BCUT2D eigenvalue weighted by Crippen LogP contribution is 2.14. The maximum Gasteiger partial charge on any atom is 0.407 e. The number of nitrogens with one attached hydrogen (secondary N) is 1. The first-order valence-corrected chi connectivity index (χ1v) is 8.64. The Labute approximate surface area is 128 Å². The predicted molar refractivity (Wildman–Crippen MR) is 79.7 cm³/mol. The van der Waals surface area contributed by atoms with Gasteiger partial charge in [-0.3, -0.25) is 0 Å². The topological polar surface area (TPSA) is 81.7 Å². The summed E-state index contributed by atoms with van der Waals surface area (Å²) in [6, 6.07) is 9.19. The van der Waals surface area contributed by atoms with Gasteiger partial charge in [0, 0.05) is 17.8 Å². The van der Waals surface area contributed by atoms with Crippen LogP contribution in [0.3, 0.4) is 0 Å². The summed E-state index contributed by atoms with van der Waals surface area (Å²) in [6.07, 6.45) is -0.658. The molecular weight excluding hydrogens is 318 g/mol. The zero-order chi connectivity index (χ0) is 15.9. The van der Waals surface area contributed by atoms with Crippen molar-refractivity contribution in [3.05, 3.63) is 35.9 Å². The average molecular weight is 336 g/mol. The van der Waals surface area contributed by atoms with Crippen LogP contribution in [-0.4, -0.2) is 39.5 Å². The number of alkyl carbamates (subject to hydrolysis) is 1. The van der Waals surface area contributed by atoms with E-state index < -0.39 is 26.5 Å². The molecule has 1 rings (SSSR count). The van der Waals surface area contributed by atoms with Gasteiger partial charge in [-0.15, -0.1) is 0 Å². The van der Waals surface area contributed by atoms with Crippen LogP contribution in [0.4, 0.5) is 4.79 Å². The van der Waals surface area contributed by atoms with Crippen LogP contribution in [0.25, 0.3) is 0 Å². The van der Waals surface area contributed by atoms with Crippen LogP contribution < -0.4 is 5.32 Å². The van der Waals surface area contributed by atoms with Crippen molar-refractivity contribution < 1.29 is 22.7 Å². The molecule has 0 heterocycles. The molecule has 21 heavy (non-hydrogen) atoms. The van der Waals surface area contributed by atoms with E-state index in [2.05, 4.69) is 5.32 Å². The molecule has 6 nitrogen and oxygen atoms in total. The van der Waals surface area contributed by atoms with E-state index in [1.54, 1.807) is 0 Å². The number of benzene rings is 1. The summed E-state index contributed by atoms with van der Waals surface area (Å²) >= 11 is 0. The number of rotatable bonds is 7. The second-order valence-electron chi connectivity index (χ2n) is 4.75. The summed E-state index contributed by atoms with van der Waals surface area (Å²) in [6.45, 7) is 1.62. The maximum atomic E-state index is 11.6. The van der Waals surface area contributed by atoms with Crippen molar-refractivity contribution in [3.63, 3.8) is 0 Å².